The maximum atomic E-state index is 12.1. The Bertz CT molecular complexity index is 489. The lowest BCUT2D eigenvalue weighted by atomic mass is 10.3. The molecule has 104 valence electrons. The lowest BCUT2D eigenvalue weighted by Gasteiger charge is -2.17. The number of ether oxygens (including phenoxy) is 1. The molecular weight excluding hydrogens is 244 g/mol. The van der Waals surface area contributed by atoms with E-state index < -0.39 is 0 Å². The van der Waals surface area contributed by atoms with Crippen LogP contribution in [-0.2, 0) is 16.1 Å². The third-order valence-corrected chi connectivity index (χ3v) is 3.43. The van der Waals surface area contributed by atoms with E-state index in [-0.39, 0.29) is 18.4 Å². The van der Waals surface area contributed by atoms with Crippen LogP contribution in [0.3, 0.4) is 0 Å². The van der Waals surface area contributed by atoms with Crippen LogP contribution in [0.2, 0.25) is 0 Å². The van der Waals surface area contributed by atoms with E-state index in [9.17, 15) is 9.59 Å². The summed E-state index contributed by atoms with van der Waals surface area (Å²) in [5.74, 6) is -0.337. The van der Waals surface area contributed by atoms with E-state index in [4.69, 9.17) is 4.74 Å². The van der Waals surface area contributed by atoms with Crippen molar-refractivity contribution < 1.29 is 14.3 Å². The van der Waals surface area contributed by atoms with Crippen LogP contribution in [0, 0.1) is 6.92 Å². The van der Waals surface area contributed by atoms with Crippen LogP contribution >= 0.6 is 0 Å². The molecule has 1 aromatic heterocycles. The average Bonchev–Trinajstić information content (AvgIpc) is 3.14. The summed E-state index contributed by atoms with van der Waals surface area (Å²) in [4.78, 5) is 25.7. The van der Waals surface area contributed by atoms with Gasteiger partial charge in [0.2, 0.25) is 5.91 Å². The Kier molecular flexibility index (Phi) is 3.93. The lowest BCUT2D eigenvalue weighted by Crippen LogP contribution is -2.32. The van der Waals surface area contributed by atoms with Crippen molar-refractivity contribution in [3.8, 4) is 0 Å². The van der Waals surface area contributed by atoms with Crippen LogP contribution in [0.15, 0.2) is 12.3 Å². The third-order valence-electron chi connectivity index (χ3n) is 3.43. The fourth-order valence-electron chi connectivity index (χ4n) is 2.11. The van der Waals surface area contributed by atoms with E-state index in [2.05, 4.69) is 0 Å². The first-order valence-electron chi connectivity index (χ1n) is 6.63. The van der Waals surface area contributed by atoms with Crippen LogP contribution in [0.1, 0.15) is 35.8 Å². The summed E-state index contributed by atoms with van der Waals surface area (Å²) in [6.45, 7) is 4.14. The SMILES string of the molecule is CCOC(=O)c1c(C)ccn1CC(=O)N(C)C1CC1. The van der Waals surface area contributed by atoms with Crippen molar-refractivity contribution in [2.24, 2.45) is 0 Å². The summed E-state index contributed by atoms with van der Waals surface area (Å²) in [7, 11) is 1.82. The summed E-state index contributed by atoms with van der Waals surface area (Å²) in [5.41, 5.74) is 1.31. The van der Waals surface area contributed by atoms with Crippen LogP contribution in [0.25, 0.3) is 0 Å². The highest BCUT2D eigenvalue weighted by atomic mass is 16.5. The Morgan fingerprint density at radius 3 is 2.74 bits per heavy atom. The number of carbonyl (C=O) groups is 2. The summed E-state index contributed by atoms with van der Waals surface area (Å²) in [6.07, 6.45) is 3.93. The molecule has 1 amide bonds. The molecule has 0 bridgehead atoms. The molecule has 0 atom stereocenters. The first-order chi connectivity index (χ1) is 9.04. The van der Waals surface area contributed by atoms with Gasteiger partial charge in [-0.1, -0.05) is 0 Å². The number of nitrogens with zero attached hydrogens (tertiary/aromatic N) is 2. The van der Waals surface area contributed by atoms with Gasteiger partial charge < -0.3 is 14.2 Å². The molecule has 0 spiro atoms. The molecule has 1 aliphatic carbocycles. The molecule has 0 saturated heterocycles. The number of hydrogen-bond acceptors (Lipinski definition) is 3. The zero-order chi connectivity index (χ0) is 14.0. The third kappa shape index (κ3) is 2.97. The monoisotopic (exact) mass is 264 g/mol. The number of aromatic nitrogens is 1. The number of esters is 1. The van der Waals surface area contributed by atoms with Crippen molar-refractivity contribution in [1.29, 1.82) is 0 Å². The number of carbonyl (C=O) groups excluding carboxylic acids is 2. The van der Waals surface area contributed by atoms with Gasteiger partial charge in [0.1, 0.15) is 12.2 Å². The van der Waals surface area contributed by atoms with Gasteiger partial charge in [-0.2, -0.15) is 0 Å². The van der Waals surface area contributed by atoms with Gasteiger partial charge in [-0.05, 0) is 38.3 Å². The second-order valence-corrected chi connectivity index (χ2v) is 4.93. The predicted octanol–water partition coefficient (Wildman–Crippen LogP) is 1.59. The first-order valence-corrected chi connectivity index (χ1v) is 6.63. The summed E-state index contributed by atoms with van der Waals surface area (Å²) >= 11 is 0. The highest BCUT2D eigenvalue weighted by Crippen LogP contribution is 2.25. The van der Waals surface area contributed by atoms with E-state index in [0.29, 0.717) is 18.3 Å². The van der Waals surface area contributed by atoms with Crippen LogP contribution in [-0.4, -0.2) is 41.0 Å². The average molecular weight is 264 g/mol. The molecule has 1 saturated carbocycles. The standard InChI is InChI=1S/C14H20N2O3/c1-4-19-14(18)13-10(2)7-8-16(13)9-12(17)15(3)11-5-6-11/h7-8,11H,4-6,9H2,1-3H3. The normalized spacial score (nSPS) is 14.3. The van der Waals surface area contributed by atoms with Crippen molar-refractivity contribution in [1.82, 2.24) is 9.47 Å². The molecule has 5 nitrogen and oxygen atoms in total. The molecule has 19 heavy (non-hydrogen) atoms. The number of aryl methyl sites for hydroxylation is 1. The van der Waals surface area contributed by atoms with E-state index in [1.807, 2.05) is 20.0 Å². The second-order valence-electron chi connectivity index (χ2n) is 4.93. The number of likely N-dealkylation sites (N-methyl/N-ethyl adjacent to an activating group) is 1. The maximum absolute atomic E-state index is 12.1. The minimum Gasteiger partial charge on any atom is -0.461 e. The van der Waals surface area contributed by atoms with Gasteiger partial charge >= 0.3 is 5.97 Å². The van der Waals surface area contributed by atoms with Crippen LogP contribution in [0.5, 0.6) is 0 Å². The number of amides is 1. The molecule has 2 rings (SSSR count). The van der Waals surface area contributed by atoms with Crippen molar-refractivity contribution >= 4 is 11.9 Å². The van der Waals surface area contributed by atoms with Crippen LogP contribution in [0.4, 0.5) is 0 Å². The molecule has 5 heteroatoms. The van der Waals surface area contributed by atoms with Gasteiger partial charge in [0.05, 0.1) is 6.61 Å². The smallest absolute Gasteiger partial charge is 0.355 e. The molecule has 0 aromatic carbocycles. The second kappa shape index (κ2) is 5.47. The summed E-state index contributed by atoms with van der Waals surface area (Å²) in [5, 5.41) is 0. The molecule has 1 aromatic rings. The topological polar surface area (TPSA) is 51.5 Å². The lowest BCUT2D eigenvalue weighted by molar-refractivity contribution is -0.131. The Morgan fingerprint density at radius 1 is 1.47 bits per heavy atom. The maximum Gasteiger partial charge on any atom is 0.355 e. The minimum atomic E-state index is -0.369. The van der Waals surface area contributed by atoms with Crippen molar-refractivity contribution in [2.45, 2.75) is 39.3 Å². The minimum absolute atomic E-state index is 0.0312. The van der Waals surface area contributed by atoms with E-state index in [1.165, 1.54) is 0 Å². The molecule has 0 unspecified atom stereocenters. The van der Waals surface area contributed by atoms with Crippen molar-refractivity contribution in [3.05, 3.63) is 23.5 Å². The van der Waals surface area contributed by atoms with E-state index >= 15 is 0 Å². The fourth-order valence-corrected chi connectivity index (χ4v) is 2.11. The summed E-state index contributed by atoms with van der Waals surface area (Å²) < 4.78 is 6.70. The van der Waals surface area contributed by atoms with Gasteiger partial charge in [0.25, 0.3) is 0 Å². The van der Waals surface area contributed by atoms with Gasteiger partial charge in [0, 0.05) is 19.3 Å². The zero-order valence-electron chi connectivity index (χ0n) is 11.7. The van der Waals surface area contributed by atoms with Gasteiger partial charge in [-0.25, -0.2) is 4.79 Å². The van der Waals surface area contributed by atoms with Crippen molar-refractivity contribution in [2.75, 3.05) is 13.7 Å². The molecule has 1 heterocycles. The number of rotatable bonds is 5. The van der Waals surface area contributed by atoms with Gasteiger partial charge in [0.15, 0.2) is 0 Å². The molecular formula is C14H20N2O3. The fraction of sp³-hybridized carbons (Fsp3) is 0.571. The zero-order valence-corrected chi connectivity index (χ0v) is 11.7. The predicted molar refractivity (Wildman–Crippen MR) is 70.9 cm³/mol. The molecule has 0 radical (unpaired) electrons. The first kappa shape index (κ1) is 13.6. The van der Waals surface area contributed by atoms with Crippen LogP contribution < -0.4 is 0 Å². The van der Waals surface area contributed by atoms with Gasteiger partial charge in [-0.15, -0.1) is 0 Å². The van der Waals surface area contributed by atoms with E-state index in [0.717, 1.165) is 18.4 Å². The van der Waals surface area contributed by atoms with Gasteiger partial charge in [-0.3, -0.25) is 4.79 Å². The quantitative estimate of drug-likeness (QED) is 0.759. The summed E-state index contributed by atoms with van der Waals surface area (Å²) in [6, 6.07) is 2.21. The number of hydrogen-bond donors (Lipinski definition) is 0. The highest BCUT2D eigenvalue weighted by Gasteiger charge is 2.30. The Labute approximate surface area is 113 Å². The Hall–Kier alpha value is -1.78. The Balaban J connectivity index is 2.11. The van der Waals surface area contributed by atoms with E-state index in [1.54, 1.807) is 22.6 Å². The highest BCUT2D eigenvalue weighted by molar-refractivity contribution is 5.90. The molecule has 0 aliphatic heterocycles. The molecule has 0 N–H and O–H groups in total. The largest absolute Gasteiger partial charge is 0.461 e. The molecule has 1 aliphatic rings. The molecule has 1 fully saturated rings. The van der Waals surface area contributed by atoms with Crippen molar-refractivity contribution in [3.63, 3.8) is 0 Å². The Morgan fingerprint density at radius 2 is 2.16 bits per heavy atom.